The largest absolute Gasteiger partial charge is 0.392 e. The molecule has 2 atom stereocenters. The third kappa shape index (κ3) is 2.17. The summed E-state index contributed by atoms with van der Waals surface area (Å²) in [5.74, 6) is -0.244. The molecular formula is C16H26N4O3. The number of aliphatic hydroxyl groups is 1. The molecule has 4 rings (SSSR count). The normalized spacial score (nSPS) is 36.6. The average Bonchev–Trinajstić information content (AvgIpc) is 2.88. The van der Waals surface area contributed by atoms with Gasteiger partial charge in [0.05, 0.1) is 12.1 Å². The molecule has 4 fully saturated rings. The zero-order chi connectivity index (χ0) is 16.4. The van der Waals surface area contributed by atoms with Crippen molar-refractivity contribution in [2.45, 2.75) is 43.0 Å². The van der Waals surface area contributed by atoms with Crippen LogP contribution in [0.1, 0.15) is 19.3 Å². The van der Waals surface area contributed by atoms with Crippen LogP contribution in [-0.2, 0) is 9.59 Å². The molecule has 0 aliphatic carbocycles. The molecule has 0 aromatic heterocycles. The number of carbonyl (C=O) groups excluding carboxylic acids is 2. The lowest BCUT2D eigenvalue weighted by Crippen LogP contribution is -2.82. The number of hydrogen-bond donors (Lipinski definition) is 1. The molecule has 0 unspecified atom stereocenters. The van der Waals surface area contributed by atoms with Gasteiger partial charge in [-0.05, 0) is 39.4 Å². The summed E-state index contributed by atoms with van der Waals surface area (Å²) in [7, 11) is 3.74. The van der Waals surface area contributed by atoms with Crippen LogP contribution < -0.4 is 0 Å². The fourth-order valence-corrected chi connectivity index (χ4v) is 4.84. The molecule has 7 heteroatoms. The zero-order valence-electron chi connectivity index (χ0n) is 13.9. The fourth-order valence-electron chi connectivity index (χ4n) is 4.84. The number of β-amino-alcohol motifs (C(OH)–C–C–N with tert-alkyl or cyclic N) is 1. The summed E-state index contributed by atoms with van der Waals surface area (Å²) in [6.07, 6.45) is 2.23. The maximum absolute atomic E-state index is 12.8. The number of hydrogen-bond acceptors (Lipinski definition) is 6. The third-order valence-corrected chi connectivity index (χ3v) is 6.28. The van der Waals surface area contributed by atoms with Gasteiger partial charge in [0.25, 0.3) is 5.91 Å². The van der Waals surface area contributed by atoms with Crippen LogP contribution in [0.2, 0.25) is 0 Å². The Labute approximate surface area is 136 Å². The number of rotatable bonds is 1. The van der Waals surface area contributed by atoms with E-state index >= 15 is 0 Å². The van der Waals surface area contributed by atoms with Gasteiger partial charge in [0, 0.05) is 32.7 Å². The number of fused-ring (bicyclic) bond motifs is 2. The maximum Gasteiger partial charge on any atom is 0.252 e. The molecule has 2 amide bonds. The number of amides is 2. The number of likely N-dealkylation sites (tertiary alicyclic amines) is 2. The molecular weight excluding hydrogens is 296 g/mol. The van der Waals surface area contributed by atoms with E-state index < -0.39 is 11.6 Å². The van der Waals surface area contributed by atoms with Gasteiger partial charge in [0.2, 0.25) is 5.91 Å². The quantitative estimate of drug-likeness (QED) is 0.597. The molecule has 1 spiro atoms. The Balaban J connectivity index is 1.52. The van der Waals surface area contributed by atoms with E-state index in [1.54, 1.807) is 7.05 Å². The van der Waals surface area contributed by atoms with Crippen LogP contribution in [0.5, 0.6) is 0 Å². The lowest BCUT2D eigenvalue weighted by Gasteiger charge is -2.60. The summed E-state index contributed by atoms with van der Waals surface area (Å²) in [6.45, 7) is 4.04. The van der Waals surface area contributed by atoms with Crippen molar-refractivity contribution >= 4 is 11.8 Å². The predicted octanol–water partition coefficient (Wildman–Crippen LogP) is -1.43. The number of carbonyl (C=O) groups is 2. The molecule has 0 aromatic rings. The zero-order valence-corrected chi connectivity index (χ0v) is 13.9. The molecule has 23 heavy (non-hydrogen) atoms. The number of aliphatic hydroxyl groups excluding tert-OH is 1. The molecule has 0 radical (unpaired) electrons. The van der Waals surface area contributed by atoms with Crippen LogP contribution >= 0.6 is 0 Å². The highest BCUT2D eigenvalue weighted by atomic mass is 16.3. The van der Waals surface area contributed by atoms with E-state index in [1.165, 1.54) is 4.90 Å². The van der Waals surface area contributed by atoms with Crippen molar-refractivity contribution < 1.29 is 14.7 Å². The fraction of sp³-hybridized carbons (Fsp3) is 0.875. The Hall–Kier alpha value is -1.02. The topological polar surface area (TPSA) is 67.3 Å². The summed E-state index contributed by atoms with van der Waals surface area (Å²) in [4.78, 5) is 33.2. The van der Waals surface area contributed by atoms with E-state index in [4.69, 9.17) is 0 Å². The Morgan fingerprint density at radius 2 is 1.78 bits per heavy atom. The van der Waals surface area contributed by atoms with Crippen LogP contribution in [0.4, 0.5) is 0 Å². The molecule has 0 aromatic carbocycles. The minimum absolute atomic E-state index is 0.0861. The van der Waals surface area contributed by atoms with Crippen LogP contribution in [0, 0.1) is 0 Å². The van der Waals surface area contributed by atoms with E-state index in [2.05, 4.69) is 16.8 Å². The molecule has 4 aliphatic rings. The molecule has 4 saturated heterocycles. The van der Waals surface area contributed by atoms with E-state index in [-0.39, 0.29) is 17.9 Å². The van der Waals surface area contributed by atoms with Gasteiger partial charge >= 0.3 is 0 Å². The monoisotopic (exact) mass is 322 g/mol. The first kappa shape index (κ1) is 15.5. The van der Waals surface area contributed by atoms with E-state index in [1.807, 2.05) is 4.90 Å². The first-order valence-electron chi connectivity index (χ1n) is 8.62. The second-order valence-corrected chi connectivity index (χ2v) is 7.73. The SMILES string of the molecule is CN1CCC(N2CC3(C2)C(=O)N(C)C(=O)[C@@H]2C[C@@H](O)CN23)CC1. The lowest BCUT2D eigenvalue weighted by atomic mass is 9.80. The van der Waals surface area contributed by atoms with Crippen molar-refractivity contribution in [3.8, 4) is 0 Å². The molecule has 128 valence electrons. The molecule has 1 N–H and O–H groups in total. The van der Waals surface area contributed by atoms with Gasteiger partial charge in [-0.3, -0.25) is 24.3 Å². The van der Waals surface area contributed by atoms with Gasteiger partial charge in [0.15, 0.2) is 0 Å². The standard InChI is InChI=1S/C16H26N4O3/c1-17-5-3-11(4-6-17)19-9-16(10-19)15(23)18(2)14(22)13-7-12(21)8-20(13)16/h11-13,21H,3-10H2,1-2H3/t12-,13+/m1/s1. The summed E-state index contributed by atoms with van der Waals surface area (Å²) in [5, 5.41) is 10.0. The Morgan fingerprint density at radius 1 is 1.13 bits per heavy atom. The van der Waals surface area contributed by atoms with Crippen molar-refractivity contribution in [1.29, 1.82) is 0 Å². The van der Waals surface area contributed by atoms with Crippen molar-refractivity contribution in [3.05, 3.63) is 0 Å². The average molecular weight is 322 g/mol. The van der Waals surface area contributed by atoms with E-state index in [0.29, 0.717) is 32.1 Å². The number of imide groups is 1. The second-order valence-electron chi connectivity index (χ2n) is 7.73. The summed E-state index contributed by atoms with van der Waals surface area (Å²) in [6, 6.07) is 0.214. The van der Waals surface area contributed by atoms with Crippen LogP contribution in [0.3, 0.4) is 0 Å². The minimum atomic E-state index is -0.589. The van der Waals surface area contributed by atoms with Crippen LogP contribution in [0.15, 0.2) is 0 Å². The van der Waals surface area contributed by atoms with Gasteiger partial charge in [-0.2, -0.15) is 0 Å². The van der Waals surface area contributed by atoms with Crippen molar-refractivity contribution in [3.63, 3.8) is 0 Å². The molecule has 0 bridgehead atoms. The highest BCUT2D eigenvalue weighted by Gasteiger charge is 2.64. The first-order valence-corrected chi connectivity index (χ1v) is 8.62. The summed E-state index contributed by atoms with van der Waals surface area (Å²) in [5.41, 5.74) is -0.589. The summed E-state index contributed by atoms with van der Waals surface area (Å²) < 4.78 is 0. The minimum Gasteiger partial charge on any atom is -0.392 e. The first-order chi connectivity index (χ1) is 10.9. The highest BCUT2D eigenvalue weighted by Crippen LogP contribution is 2.41. The van der Waals surface area contributed by atoms with Crippen LogP contribution in [-0.4, -0.2) is 107 Å². The highest BCUT2D eigenvalue weighted by molar-refractivity contribution is 6.05. The van der Waals surface area contributed by atoms with Crippen molar-refractivity contribution in [1.82, 2.24) is 19.6 Å². The summed E-state index contributed by atoms with van der Waals surface area (Å²) >= 11 is 0. The molecule has 4 heterocycles. The van der Waals surface area contributed by atoms with Gasteiger partial charge in [0.1, 0.15) is 5.54 Å². The van der Waals surface area contributed by atoms with E-state index in [9.17, 15) is 14.7 Å². The van der Waals surface area contributed by atoms with Crippen LogP contribution in [0.25, 0.3) is 0 Å². The maximum atomic E-state index is 12.8. The van der Waals surface area contributed by atoms with Gasteiger partial charge in [-0.15, -0.1) is 0 Å². The van der Waals surface area contributed by atoms with Crippen molar-refractivity contribution in [2.75, 3.05) is 46.8 Å². The Morgan fingerprint density at radius 3 is 2.43 bits per heavy atom. The molecule has 7 nitrogen and oxygen atoms in total. The van der Waals surface area contributed by atoms with Gasteiger partial charge in [-0.25, -0.2) is 0 Å². The predicted molar refractivity (Wildman–Crippen MR) is 83.7 cm³/mol. The third-order valence-electron chi connectivity index (χ3n) is 6.28. The lowest BCUT2D eigenvalue weighted by molar-refractivity contribution is -0.181. The molecule has 0 saturated carbocycles. The van der Waals surface area contributed by atoms with Gasteiger partial charge < -0.3 is 10.0 Å². The number of piperazine rings is 1. The van der Waals surface area contributed by atoms with E-state index in [0.717, 1.165) is 25.9 Å². The number of likely N-dealkylation sites (N-methyl/N-ethyl adjacent to an activating group) is 1. The Kier molecular flexibility index (Phi) is 3.53. The number of nitrogens with zero attached hydrogens (tertiary/aromatic N) is 4. The van der Waals surface area contributed by atoms with Crippen molar-refractivity contribution in [2.24, 2.45) is 0 Å². The molecule has 4 aliphatic heterocycles. The van der Waals surface area contributed by atoms with Gasteiger partial charge in [-0.1, -0.05) is 0 Å². The Bertz CT molecular complexity index is 525. The number of piperidine rings is 1. The second kappa shape index (κ2) is 5.24. The smallest absolute Gasteiger partial charge is 0.252 e.